The topological polar surface area (TPSA) is 111 Å². The van der Waals surface area contributed by atoms with E-state index in [0.29, 0.717) is 43.9 Å². The molecule has 9 heteroatoms. The molecular formula is C20H34N2O7. The number of unbranched alkanes of at least 4 members (excludes halogenated alkanes) is 2. The molecule has 1 aliphatic rings. The van der Waals surface area contributed by atoms with E-state index in [1.165, 1.54) is 0 Å². The van der Waals surface area contributed by atoms with Crippen LogP contribution >= 0.6 is 0 Å². The van der Waals surface area contributed by atoms with Crippen LogP contribution in [0.5, 0.6) is 0 Å². The number of nitrogens with one attached hydrogen (secondary N) is 1. The first-order valence-corrected chi connectivity index (χ1v) is 10.0. The van der Waals surface area contributed by atoms with E-state index < -0.39 is 23.4 Å². The highest BCUT2D eigenvalue weighted by Crippen LogP contribution is 2.17. The molecule has 1 fully saturated rings. The molecule has 0 aromatic heterocycles. The summed E-state index contributed by atoms with van der Waals surface area (Å²) in [4.78, 5) is 51.5. The minimum atomic E-state index is -0.942. The first-order chi connectivity index (χ1) is 13.5. The average Bonchev–Trinajstić information content (AvgIpc) is 2.95. The van der Waals surface area contributed by atoms with Gasteiger partial charge in [-0.2, -0.15) is 0 Å². The fraction of sp³-hybridized carbons (Fsp3) is 0.800. The molecule has 3 amide bonds. The highest BCUT2D eigenvalue weighted by atomic mass is 16.7. The lowest BCUT2D eigenvalue weighted by atomic mass is 10.1. The fourth-order valence-corrected chi connectivity index (χ4v) is 2.51. The second-order valence-electron chi connectivity index (χ2n) is 8.18. The Labute approximate surface area is 172 Å². The predicted octanol–water partition coefficient (Wildman–Crippen LogP) is 1.88. The Morgan fingerprint density at radius 2 is 1.66 bits per heavy atom. The summed E-state index contributed by atoms with van der Waals surface area (Å²) in [5.41, 5.74) is -1.24. The van der Waals surface area contributed by atoms with Gasteiger partial charge in [0.1, 0.15) is 5.60 Å². The van der Waals surface area contributed by atoms with Gasteiger partial charge in [-0.1, -0.05) is 6.42 Å². The SMILES string of the molecule is COC(C)(C)CCOC(C)(C)C(=O)NCCCCCC(=O)ON1C(=O)CCC1=O. The molecule has 0 saturated carbocycles. The van der Waals surface area contributed by atoms with E-state index in [1.54, 1.807) is 21.0 Å². The summed E-state index contributed by atoms with van der Waals surface area (Å²) in [6, 6.07) is 0. The molecule has 1 aliphatic heterocycles. The second kappa shape index (κ2) is 11.3. The van der Waals surface area contributed by atoms with Crippen molar-refractivity contribution in [1.82, 2.24) is 10.4 Å². The lowest BCUT2D eigenvalue weighted by Crippen LogP contribution is -2.45. The van der Waals surface area contributed by atoms with Crippen LogP contribution in [-0.2, 0) is 33.5 Å². The van der Waals surface area contributed by atoms with Crippen molar-refractivity contribution in [2.75, 3.05) is 20.3 Å². The molecule has 1 N–H and O–H groups in total. The van der Waals surface area contributed by atoms with Crippen LogP contribution in [0.2, 0.25) is 0 Å². The molecule has 0 atom stereocenters. The van der Waals surface area contributed by atoms with Crippen LogP contribution in [0.25, 0.3) is 0 Å². The van der Waals surface area contributed by atoms with Crippen LogP contribution in [0.15, 0.2) is 0 Å². The van der Waals surface area contributed by atoms with Gasteiger partial charge in [-0.3, -0.25) is 14.4 Å². The van der Waals surface area contributed by atoms with Gasteiger partial charge in [0.05, 0.1) is 12.2 Å². The lowest BCUT2D eigenvalue weighted by Gasteiger charge is -2.28. The Morgan fingerprint density at radius 3 is 2.24 bits per heavy atom. The molecule has 1 heterocycles. The number of hydrogen-bond donors (Lipinski definition) is 1. The molecule has 0 unspecified atom stereocenters. The van der Waals surface area contributed by atoms with Crippen molar-refractivity contribution in [3.05, 3.63) is 0 Å². The summed E-state index contributed by atoms with van der Waals surface area (Å²) in [6.45, 7) is 8.23. The van der Waals surface area contributed by atoms with Gasteiger partial charge in [0, 0.05) is 32.9 Å². The van der Waals surface area contributed by atoms with Gasteiger partial charge in [0.15, 0.2) is 0 Å². The molecule has 166 valence electrons. The number of amides is 3. The van der Waals surface area contributed by atoms with Crippen LogP contribution in [0.1, 0.15) is 72.6 Å². The number of hydroxylamine groups is 2. The Hall–Kier alpha value is -2.00. The zero-order valence-electron chi connectivity index (χ0n) is 18.2. The maximum absolute atomic E-state index is 12.3. The van der Waals surface area contributed by atoms with E-state index >= 15 is 0 Å². The highest BCUT2D eigenvalue weighted by molar-refractivity contribution is 6.01. The molecule has 0 aliphatic carbocycles. The number of carbonyl (C=O) groups excluding carboxylic acids is 4. The molecule has 0 radical (unpaired) electrons. The number of hydrogen-bond acceptors (Lipinski definition) is 7. The minimum absolute atomic E-state index is 0.0794. The van der Waals surface area contributed by atoms with Gasteiger partial charge in [0.2, 0.25) is 0 Å². The number of nitrogens with zero attached hydrogens (tertiary/aromatic N) is 1. The number of rotatable bonds is 13. The molecule has 0 bridgehead atoms. The van der Waals surface area contributed by atoms with Crippen molar-refractivity contribution in [3.63, 3.8) is 0 Å². The van der Waals surface area contributed by atoms with Gasteiger partial charge >= 0.3 is 5.97 Å². The zero-order valence-corrected chi connectivity index (χ0v) is 18.2. The van der Waals surface area contributed by atoms with E-state index in [1.807, 2.05) is 13.8 Å². The first kappa shape index (κ1) is 25.0. The van der Waals surface area contributed by atoms with E-state index in [0.717, 1.165) is 0 Å². The van der Waals surface area contributed by atoms with Crippen molar-refractivity contribution < 1.29 is 33.5 Å². The van der Waals surface area contributed by atoms with Crippen LogP contribution in [-0.4, -0.2) is 60.2 Å². The Balaban J connectivity index is 2.15. The molecule has 9 nitrogen and oxygen atoms in total. The van der Waals surface area contributed by atoms with Crippen molar-refractivity contribution in [2.24, 2.45) is 0 Å². The average molecular weight is 414 g/mol. The summed E-state index contributed by atoms with van der Waals surface area (Å²) < 4.78 is 11.0. The van der Waals surface area contributed by atoms with Gasteiger partial charge in [-0.05, 0) is 47.0 Å². The molecule has 29 heavy (non-hydrogen) atoms. The molecule has 0 aromatic rings. The minimum Gasteiger partial charge on any atom is -0.379 e. The van der Waals surface area contributed by atoms with Gasteiger partial charge < -0.3 is 19.6 Å². The Bertz CT molecular complexity index is 586. The third-order valence-corrected chi connectivity index (χ3v) is 4.81. The smallest absolute Gasteiger partial charge is 0.333 e. The normalized spacial score (nSPS) is 15.0. The molecule has 1 rings (SSSR count). The summed E-state index contributed by atoms with van der Waals surface area (Å²) in [6.07, 6.45) is 2.86. The maximum atomic E-state index is 12.3. The standard InChI is InChI=1S/C20H34N2O7/c1-19(2,27-5)12-14-28-20(3,4)18(26)21-13-8-6-7-9-17(25)29-22-15(23)10-11-16(22)24/h6-14H2,1-5H3,(H,21,26). The zero-order chi connectivity index (χ0) is 22.1. The van der Waals surface area contributed by atoms with E-state index in [2.05, 4.69) is 5.32 Å². The Morgan fingerprint density at radius 1 is 1.03 bits per heavy atom. The van der Waals surface area contributed by atoms with E-state index in [4.69, 9.17) is 14.3 Å². The van der Waals surface area contributed by atoms with E-state index in [-0.39, 0.29) is 30.8 Å². The molecule has 0 spiro atoms. The summed E-state index contributed by atoms with van der Waals surface area (Å²) in [7, 11) is 1.64. The van der Waals surface area contributed by atoms with Crippen molar-refractivity contribution in [3.8, 4) is 0 Å². The number of carbonyl (C=O) groups is 4. The van der Waals surface area contributed by atoms with Crippen LogP contribution < -0.4 is 5.32 Å². The summed E-state index contributed by atoms with van der Waals surface area (Å²) in [5.74, 6) is -1.77. The van der Waals surface area contributed by atoms with Gasteiger partial charge in [-0.15, -0.1) is 5.06 Å². The summed E-state index contributed by atoms with van der Waals surface area (Å²) >= 11 is 0. The lowest BCUT2D eigenvalue weighted by molar-refractivity contribution is -0.197. The van der Waals surface area contributed by atoms with Crippen molar-refractivity contribution in [2.45, 2.75) is 83.8 Å². The quantitative estimate of drug-likeness (QED) is 0.362. The molecule has 1 saturated heterocycles. The van der Waals surface area contributed by atoms with Crippen molar-refractivity contribution >= 4 is 23.7 Å². The third-order valence-electron chi connectivity index (χ3n) is 4.81. The maximum Gasteiger partial charge on any atom is 0.333 e. The van der Waals surface area contributed by atoms with Gasteiger partial charge in [-0.25, -0.2) is 4.79 Å². The van der Waals surface area contributed by atoms with Crippen LogP contribution in [0.3, 0.4) is 0 Å². The number of methoxy groups -OCH3 is 1. The Kier molecular flexibility index (Phi) is 9.72. The monoisotopic (exact) mass is 414 g/mol. The summed E-state index contributed by atoms with van der Waals surface area (Å²) in [5, 5.41) is 3.39. The third kappa shape index (κ3) is 8.91. The largest absolute Gasteiger partial charge is 0.379 e. The second-order valence-corrected chi connectivity index (χ2v) is 8.18. The predicted molar refractivity (Wildman–Crippen MR) is 104 cm³/mol. The number of imide groups is 1. The van der Waals surface area contributed by atoms with Crippen LogP contribution in [0, 0.1) is 0 Å². The molecule has 0 aromatic carbocycles. The van der Waals surface area contributed by atoms with Gasteiger partial charge in [0.25, 0.3) is 17.7 Å². The number of ether oxygens (including phenoxy) is 2. The van der Waals surface area contributed by atoms with Crippen molar-refractivity contribution in [1.29, 1.82) is 0 Å². The molecular weight excluding hydrogens is 380 g/mol. The van der Waals surface area contributed by atoms with Crippen LogP contribution in [0.4, 0.5) is 0 Å². The highest BCUT2D eigenvalue weighted by Gasteiger charge is 2.32. The van der Waals surface area contributed by atoms with E-state index in [9.17, 15) is 19.2 Å². The first-order valence-electron chi connectivity index (χ1n) is 10.0. The fourth-order valence-electron chi connectivity index (χ4n) is 2.51.